The zero-order chi connectivity index (χ0) is 18.5. The van der Waals surface area contributed by atoms with Gasteiger partial charge in [0.1, 0.15) is 6.54 Å². The molecule has 0 aliphatic heterocycles. The number of hydrogen-bond acceptors (Lipinski definition) is 6. The average Bonchev–Trinajstić information content (AvgIpc) is 3.10. The summed E-state index contributed by atoms with van der Waals surface area (Å²) in [5, 5.41) is 25.7. The van der Waals surface area contributed by atoms with Gasteiger partial charge in [-0.2, -0.15) is 4.80 Å². The maximum atomic E-state index is 12.2. The number of aryl methyl sites for hydroxylation is 1. The summed E-state index contributed by atoms with van der Waals surface area (Å²) in [7, 11) is 0. The monoisotopic (exact) mass is 352 g/mol. The number of carbonyl (C=O) groups is 1. The fraction of sp³-hybridized carbons (Fsp3) is 0.176. The Labute approximate surface area is 148 Å². The van der Waals surface area contributed by atoms with E-state index in [9.17, 15) is 14.9 Å². The molecule has 9 nitrogen and oxygen atoms in total. The Kier molecular flexibility index (Phi) is 4.97. The number of anilines is 1. The zero-order valence-corrected chi connectivity index (χ0v) is 14.0. The molecule has 26 heavy (non-hydrogen) atoms. The molecule has 1 aromatic heterocycles. The minimum atomic E-state index is -0.459. The van der Waals surface area contributed by atoms with Gasteiger partial charge < -0.3 is 5.32 Å². The van der Waals surface area contributed by atoms with Gasteiger partial charge in [-0.05, 0) is 17.7 Å². The Morgan fingerprint density at radius 2 is 2.00 bits per heavy atom. The van der Waals surface area contributed by atoms with Crippen molar-refractivity contribution in [3.8, 4) is 11.4 Å². The molecule has 2 aromatic carbocycles. The average molecular weight is 352 g/mol. The third kappa shape index (κ3) is 3.89. The lowest BCUT2D eigenvalue weighted by molar-refractivity contribution is -0.385. The Hall–Kier alpha value is -3.62. The van der Waals surface area contributed by atoms with E-state index in [1.165, 1.54) is 10.9 Å². The number of nitrogens with zero attached hydrogens (tertiary/aromatic N) is 5. The van der Waals surface area contributed by atoms with Crippen LogP contribution in [0.5, 0.6) is 0 Å². The Morgan fingerprint density at radius 1 is 1.23 bits per heavy atom. The van der Waals surface area contributed by atoms with Crippen LogP contribution < -0.4 is 5.32 Å². The number of hydrogen-bond donors (Lipinski definition) is 1. The summed E-state index contributed by atoms with van der Waals surface area (Å²) in [5.74, 6) is 0.0156. The van der Waals surface area contributed by atoms with E-state index >= 15 is 0 Å². The summed E-state index contributed by atoms with van der Waals surface area (Å²) in [4.78, 5) is 24.0. The van der Waals surface area contributed by atoms with Gasteiger partial charge in [-0.1, -0.05) is 43.3 Å². The normalized spacial score (nSPS) is 10.5. The van der Waals surface area contributed by atoms with E-state index in [0.717, 1.165) is 5.56 Å². The SMILES string of the molecule is CCc1ccc(NC(=O)Cn2nnc(-c3ccccc3)n2)cc1[N+](=O)[O-]. The van der Waals surface area contributed by atoms with Crippen LogP contribution in [0.3, 0.4) is 0 Å². The highest BCUT2D eigenvalue weighted by Crippen LogP contribution is 2.23. The highest BCUT2D eigenvalue weighted by molar-refractivity contribution is 5.90. The number of benzene rings is 2. The van der Waals surface area contributed by atoms with Crippen molar-refractivity contribution < 1.29 is 9.72 Å². The second-order valence-corrected chi connectivity index (χ2v) is 5.51. The van der Waals surface area contributed by atoms with Crippen LogP contribution in [0.4, 0.5) is 11.4 Å². The molecule has 3 rings (SSSR count). The summed E-state index contributed by atoms with van der Waals surface area (Å²) in [6, 6.07) is 13.9. The third-order valence-electron chi connectivity index (χ3n) is 3.72. The molecule has 0 saturated carbocycles. The number of nitro groups is 1. The molecule has 3 aromatic rings. The van der Waals surface area contributed by atoms with Crippen LogP contribution in [-0.2, 0) is 17.8 Å². The van der Waals surface area contributed by atoms with Crippen LogP contribution in [0.15, 0.2) is 48.5 Å². The molecule has 1 heterocycles. The van der Waals surface area contributed by atoms with E-state index in [1.54, 1.807) is 12.1 Å². The predicted molar refractivity (Wildman–Crippen MR) is 94.4 cm³/mol. The van der Waals surface area contributed by atoms with E-state index in [-0.39, 0.29) is 12.2 Å². The van der Waals surface area contributed by atoms with Crippen molar-refractivity contribution in [1.82, 2.24) is 20.2 Å². The minimum absolute atomic E-state index is 0.0180. The number of rotatable bonds is 6. The number of nitrogens with one attached hydrogen (secondary N) is 1. The van der Waals surface area contributed by atoms with Gasteiger partial charge in [0.05, 0.1) is 4.92 Å². The largest absolute Gasteiger partial charge is 0.324 e. The predicted octanol–water partition coefficient (Wildman–Crippen LogP) is 2.45. The first kappa shape index (κ1) is 17.2. The highest BCUT2D eigenvalue weighted by Gasteiger charge is 2.15. The second kappa shape index (κ2) is 7.51. The topological polar surface area (TPSA) is 116 Å². The number of amides is 1. The van der Waals surface area contributed by atoms with Crippen molar-refractivity contribution in [2.75, 3.05) is 5.32 Å². The standard InChI is InChI=1S/C17H16N6O3/c1-2-12-8-9-14(10-15(12)23(25)26)18-16(24)11-22-20-17(19-21-22)13-6-4-3-5-7-13/h3-10H,2,11H2,1H3,(H,18,24). The van der Waals surface area contributed by atoms with Gasteiger partial charge >= 0.3 is 0 Å². The van der Waals surface area contributed by atoms with Gasteiger partial charge in [0.25, 0.3) is 5.69 Å². The highest BCUT2D eigenvalue weighted by atomic mass is 16.6. The summed E-state index contributed by atoms with van der Waals surface area (Å²) in [6.45, 7) is 1.68. The number of aromatic nitrogens is 4. The Morgan fingerprint density at radius 3 is 2.69 bits per heavy atom. The molecule has 0 radical (unpaired) electrons. The number of carbonyl (C=O) groups excluding carboxylic acids is 1. The lowest BCUT2D eigenvalue weighted by atomic mass is 10.1. The van der Waals surface area contributed by atoms with Crippen molar-refractivity contribution in [1.29, 1.82) is 0 Å². The van der Waals surface area contributed by atoms with Gasteiger partial charge in [-0.3, -0.25) is 14.9 Å². The van der Waals surface area contributed by atoms with Crippen LogP contribution in [0.25, 0.3) is 11.4 Å². The van der Waals surface area contributed by atoms with Gasteiger partial charge in [-0.15, -0.1) is 10.2 Å². The van der Waals surface area contributed by atoms with E-state index in [4.69, 9.17) is 0 Å². The molecule has 1 amide bonds. The quantitative estimate of drug-likeness (QED) is 0.538. The first-order chi connectivity index (χ1) is 12.6. The summed E-state index contributed by atoms with van der Waals surface area (Å²) < 4.78 is 0. The zero-order valence-electron chi connectivity index (χ0n) is 14.0. The maximum Gasteiger partial charge on any atom is 0.274 e. The fourth-order valence-electron chi connectivity index (χ4n) is 2.45. The van der Waals surface area contributed by atoms with E-state index in [2.05, 4.69) is 20.7 Å². The first-order valence-electron chi connectivity index (χ1n) is 7.97. The van der Waals surface area contributed by atoms with Crippen LogP contribution in [-0.4, -0.2) is 31.0 Å². The van der Waals surface area contributed by atoms with Crippen LogP contribution in [0, 0.1) is 10.1 Å². The van der Waals surface area contributed by atoms with Crippen molar-refractivity contribution in [2.24, 2.45) is 0 Å². The molecule has 0 saturated heterocycles. The van der Waals surface area contributed by atoms with Crippen molar-refractivity contribution >= 4 is 17.3 Å². The number of nitro benzene ring substituents is 1. The summed E-state index contributed by atoms with van der Waals surface area (Å²) in [5.41, 5.74) is 1.74. The molecule has 0 atom stereocenters. The van der Waals surface area contributed by atoms with E-state index in [1.807, 2.05) is 37.3 Å². The minimum Gasteiger partial charge on any atom is -0.324 e. The Balaban J connectivity index is 1.69. The molecule has 0 unspecified atom stereocenters. The summed E-state index contributed by atoms with van der Waals surface area (Å²) >= 11 is 0. The van der Waals surface area contributed by atoms with Gasteiger partial charge in [0.15, 0.2) is 0 Å². The molecule has 132 valence electrons. The Bertz CT molecular complexity index is 939. The second-order valence-electron chi connectivity index (χ2n) is 5.51. The fourth-order valence-corrected chi connectivity index (χ4v) is 2.45. The van der Waals surface area contributed by atoms with E-state index in [0.29, 0.717) is 23.5 Å². The molecular weight excluding hydrogens is 336 g/mol. The van der Waals surface area contributed by atoms with Crippen LogP contribution in [0.2, 0.25) is 0 Å². The third-order valence-corrected chi connectivity index (χ3v) is 3.72. The molecular formula is C17H16N6O3. The van der Waals surface area contributed by atoms with Gasteiger partial charge in [-0.25, -0.2) is 0 Å². The molecule has 0 aliphatic rings. The smallest absolute Gasteiger partial charge is 0.274 e. The lowest BCUT2D eigenvalue weighted by Crippen LogP contribution is -2.20. The molecule has 0 bridgehead atoms. The van der Waals surface area contributed by atoms with Crippen LogP contribution >= 0.6 is 0 Å². The maximum absolute atomic E-state index is 12.2. The molecule has 0 fully saturated rings. The van der Waals surface area contributed by atoms with Crippen molar-refractivity contribution in [2.45, 2.75) is 19.9 Å². The molecule has 9 heteroatoms. The van der Waals surface area contributed by atoms with Crippen LogP contribution in [0.1, 0.15) is 12.5 Å². The number of tetrazole rings is 1. The molecule has 0 aliphatic carbocycles. The molecule has 1 N–H and O–H groups in total. The summed E-state index contributed by atoms with van der Waals surface area (Å²) in [6.07, 6.45) is 0.537. The van der Waals surface area contributed by atoms with Crippen molar-refractivity contribution in [3.63, 3.8) is 0 Å². The van der Waals surface area contributed by atoms with Crippen molar-refractivity contribution in [3.05, 3.63) is 64.2 Å². The first-order valence-corrected chi connectivity index (χ1v) is 7.97. The van der Waals surface area contributed by atoms with Gasteiger partial charge in [0.2, 0.25) is 11.7 Å². The van der Waals surface area contributed by atoms with E-state index < -0.39 is 10.8 Å². The van der Waals surface area contributed by atoms with Gasteiger partial charge in [0, 0.05) is 22.9 Å². The lowest BCUT2D eigenvalue weighted by Gasteiger charge is -2.06. The molecule has 0 spiro atoms.